The molecule has 2 aromatic carbocycles. The summed E-state index contributed by atoms with van der Waals surface area (Å²) < 4.78 is 13.1. The number of para-hydroxylation sites is 2. The first-order chi connectivity index (χ1) is 14.2. The van der Waals surface area contributed by atoms with Crippen molar-refractivity contribution in [2.75, 3.05) is 11.9 Å². The zero-order chi connectivity index (χ0) is 19.8. The first-order valence-corrected chi connectivity index (χ1v) is 9.92. The molecule has 3 aromatic rings. The van der Waals surface area contributed by atoms with Crippen molar-refractivity contribution in [1.29, 1.82) is 0 Å². The summed E-state index contributed by atoms with van der Waals surface area (Å²) in [6.07, 6.45) is 3.21. The van der Waals surface area contributed by atoms with E-state index in [2.05, 4.69) is 10.3 Å². The van der Waals surface area contributed by atoms with Crippen LogP contribution in [0, 0.1) is 0 Å². The number of rotatable bonds is 2. The molecule has 2 aliphatic rings. The third-order valence-corrected chi connectivity index (χ3v) is 5.38. The van der Waals surface area contributed by atoms with Gasteiger partial charge in [0.25, 0.3) is 11.5 Å². The Kier molecular flexibility index (Phi) is 4.42. The molecule has 0 spiro atoms. The number of hydrogen-bond donors (Lipinski definition) is 1. The van der Waals surface area contributed by atoms with Crippen LogP contribution in [0.4, 0.5) is 5.69 Å². The molecule has 3 heterocycles. The van der Waals surface area contributed by atoms with Crippen LogP contribution in [0.25, 0.3) is 10.9 Å². The van der Waals surface area contributed by atoms with E-state index in [0.717, 1.165) is 31.5 Å². The average molecular weight is 391 g/mol. The summed E-state index contributed by atoms with van der Waals surface area (Å²) in [4.78, 5) is 30.3. The van der Waals surface area contributed by atoms with E-state index in [1.807, 2.05) is 12.1 Å². The minimum atomic E-state index is -0.758. The quantitative estimate of drug-likeness (QED) is 0.726. The molecule has 0 radical (unpaired) electrons. The molecule has 0 saturated carbocycles. The van der Waals surface area contributed by atoms with Gasteiger partial charge in [-0.15, -0.1) is 0 Å². The van der Waals surface area contributed by atoms with E-state index in [1.165, 1.54) is 0 Å². The number of ether oxygens (including phenoxy) is 2. The Hall–Kier alpha value is -3.35. The number of hydrogen-bond acceptors (Lipinski definition) is 5. The summed E-state index contributed by atoms with van der Waals surface area (Å²) in [6, 6.07) is 12.5. The first kappa shape index (κ1) is 17.7. The molecule has 0 aliphatic carbocycles. The lowest BCUT2D eigenvalue weighted by Crippen LogP contribution is -2.40. The molecule has 29 heavy (non-hydrogen) atoms. The molecule has 0 saturated heterocycles. The van der Waals surface area contributed by atoms with Gasteiger partial charge in [-0.25, -0.2) is 4.98 Å². The van der Waals surface area contributed by atoms with Crippen LogP contribution in [-0.2, 0) is 17.8 Å². The molecule has 1 N–H and O–H groups in total. The van der Waals surface area contributed by atoms with Gasteiger partial charge in [0.1, 0.15) is 12.4 Å². The third-order valence-electron chi connectivity index (χ3n) is 5.38. The number of fused-ring (bicyclic) bond motifs is 3. The fourth-order valence-corrected chi connectivity index (χ4v) is 3.87. The Morgan fingerprint density at radius 2 is 1.97 bits per heavy atom. The van der Waals surface area contributed by atoms with E-state index in [4.69, 9.17) is 9.47 Å². The van der Waals surface area contributed by atoms with Crippen LogP contribution in [-0.4, -0.2) is 28.2 Å². The molecular weight excluding hydrogens is 370 g/mol. The highest BCUT2D eigenvalue weighted by molar-refractivity contribution is 5.96. The predicted molar refractivity (Wildman–Crippen MR) is 109 cm³/mol. The molecule has 7 nitrogen and oxygen atoms in total. The van der Waals surface area contributed by atoms with Gasteiger partial charge in [0.05, 0.1) is 10.9 Å². The van der Waals surface area contributed by atoms with Gasteiger partial charge in [0.15, 0.2) is 11.5 Å². The van der Waals surface area contributed by atoms with Gasteiger partial charge in [0.2, 0.25) is 6.10 Å². The van der Waals surface area contributed by atoms with Crippen LogP contribution in [0.15, 0.2) is 47.3 Å². The summed E-state index contributed by atoms with van der Waals surface area (Å²) in [5.74, 6) is 1.70. The van der Waals surface area contributed by atoms with E-state index in [-0.39, 0.29) is 18.1 Å². The fourth-order valence-electron chi connectivity index (χ4n) is 3.87. The minimum absolute atomic E-state index is 0.0471. The van der Waals surface area contributed by atoms with Gasteiger partial charge < -0.3 is 14.8 Å². The van der Waals surface area contributed by atoms with Crippen molar-refractivity contribution in [3.8, 4) is 11.5 Å². The normalized spacial score (nSPS) is 18.0. The van der Waals surface area contributed by atoms with Crippen molar-refractivity contribution in [2.45, 2.75) is 38.3 Å². The monoisotopic (exact) mass is 391 g/mol. The van der Waals surface area contributed by atoms with Gasteiger partial charge in [0, 0.05) is 18.7 Å². The van der Waals surface area contributed by atoms with E-state index in [1.54, 1.807) is 34.9 Å². The minimum Gasteiger partial charge on any atom is -0.485 e. The van der Waals surface area contributed by atoms with E-state index in [0.29, 0.717) is 34.6 Å². The second-order valence-corrected chi connectivity index (χ2v) is 7.38. The highest BCUT2D eigenvalue weighted by atomic mass is 16.6. The SMILES string of the molecule is O=C(Nc1ccc2nc3n(c(=O)c2c1)CCCCC3)[C@H]1COc2ccccc2O1. The number of amides is 1. The molecule has 1 atom stereocenters. The summed E-state index contributed by atoms with van der Waals surface area (Å²) >= 11 is 0. The Morgan fingerprint density at radius 3 is 2.86 bits per heavy atom. The summed E-state index contributed by atoms with van der Waals surface area (Å²) in [5, 5.41) is 3.35. The highest BCUT2D eigenvalue weighted by Crippen LogP contribution is 2.31. The van der Waals surface area contributed by atoms with E-state index in [9.17, 15) is 9.59 Å². The molecule has 0 unspecified atom stereocenters. The van der Waals surface area contributed by atoms with Gasteiger partial charge in [-0.1, -0.05) is 18.6 Å². The number of aromatic nitrogens is 2. The lowest BCUT2D eigenvalue weighted by atomic mass is 10.2. The average Bonchev–Trinajstić information content (AvgIpc) is 2.99. The maximum atomic E-state index is 13.0. The van der Waals surface area contributed by atoms with E-state index >= 15 is 0 Å². The summed E-state index contributed by atoms with van der Waals surface area (Å²) in [6.45, 7) is 0.828. The molecule has 2 aliphatic heterocycles. The summed E-state index contributed by atoms with van der Waals surface area (Å²) in [5.41, 5.74) is 1.15. The number of carbonyl (C=O) groups is 1. The topological polar surface area (TPSA) is 82.5 Å². The lowest BCUT2D eigenvalue weighted by molar-refractivity contribution is -0.125. The largest absolute Gasteiger partial charge is 0.485 e. The Labute approximate surface area is 167 Å². The molecule has 7 heteroatoms. The lowest BCUT2D eigenvalue weighted by Gasteiger charge is -2.25. The van der Waals surface area contributed by atoms with Gasteiger partial charge in [-0.2, -0.15) is 0 Å². The number of carbonyl (C=O) groups excluding carboxylic acids is 1. The van der Waals surface area contributed by atoms with Crippen molar-refractivity contribution in [3.05, 3.63) is 58.6 Å². The highest BCUT2D eigenvalue weighted by Gasteiger charge is 2.27. The maximum absolute atomic E-state index is 13.0. The van der Waals surface area contributed by atoms with Crippen molar-refractivity contribution < 1.29 is 14.3 Å². The van der Waals surface area contributed by atoms with Crippen molar-refractivity contribution >= 4 is 22.5 Å². The summed E-state index contributed by atoms with van der Waals surface area (Å²) in [7, 11) is 0. The Bertz CT molecular complexity index is 1150. The molecular formula is C22H21N3O4. The molecule has 0 bridgehead atoms. The molecule has 1 amide bonds. The molecule has 148 valence electrons. The molecule has 1 aromatic heterocycles. The van der Waals surface area contributed by atoms with Crippen LogP contribution in [0.1, 0.15) is 25.1 Å². The molecule has 5 rings (SSSR count). The van der Waals surface area contributed by atoms with Crippen LogP contribution >= 0.6 is 0 Å². The van der Waals surface area contributed by atoms with Crippen LogP contribution in [0.5, 0.6) is 11.5 Å². The number of nitrogens with zero attached hydrogens (tertiary/aromatic N) is 2. The zero-order valence-corrected chi connectivity index (χ0v) is 15.9. The van der Waals surface area contributed by atoms with Crippen molar-refractivity contribution in [3.63, 3.8) is 0 Å². The fraction of sp³-hybridized carbons (Fsp3) is 0.318. The van der Waals surface area contributed by atoms with Crippen LogP contribution in [0.2, 0.25) is 0 Å². The molecule has 0 fully saturated rings. The van der Waals surface area contributed by atoms with Crippen LogP contribution < -0.4 is 20.3 Å². The third kappa shape index (κ3) is 3.33. The zero-order valence-electron chi connectivity index (χ0n) is 15.9. The van der Waals surface area contributed by atoms with Gasteiger partial charge in [-0.05, 0) is 43.2 Å². The second-order valence-electron chi connectivity index (χ2n) is 7.38. The number of aryl methyl sites for hydroxylation is 1. The Morgan fingerprint density at radius 1 is 1.10 bits per heavy atom. The standard InChI is InChI=1S/C22H21N3O4/c26-21(19-13-28-17-6-3-4-7-18(17)29-19)23-14-9-10-16-15(12-14)22(27)25-11-5-1-2-8-20(25)24-16/h3-4,6-7,9-10,12,19H,1-2,5,8,11,13H2,(H,23,26)/t19-/m1/s1. The van der Waals surface area contributed by atoms with Crippen LogP contribution in [0.3, 0.4) is 0 Å². The van der Waals surface area contributed by atoms with Gasteiger partial charge in [-0.3, -0.25) is 14.2 Å². The second kappa shape index (κ2) is 7.24. The Balaban J connectivity index is 1.40. The van der Waals surface area contributed by atoms with Crippen molar-refractivity contribution in [1.82, 2.24) is 9.55 Å². The first-order valence-electron chi connectivity index (χ1n) is 9.92. The number of nitrogens with one attached hydrogen (secondary N) is 1. The van der Waals surface area contributed by atoms with Crippen molar-refractivity contribution in [2.24, 2.45) is 0 Å². The maximum Gasteiger partial charge on any atom is 0.269 e. The predicted octanol–water partition coefficient (Wildman–Crippen LogP) is 2.90. The van der Waals surface area contributed by atoms with Gasteiger partial charge >= 0.3 is 0 Å². The number of anilines is 1. The number of benzene rings is 2. The smallest absolute Gasteiger partial charge is 0.269 e. The van der Waals surface area contributed by atoms with E-state index < -0.39 is 6.10 Å².